The van der Waals surface area contributed by atoms with Crippen molar-refractivity contribution in [1.29, 1.82) is 0 Å². The molecule has 0 N–H and O–H groups in total. The quantitative estimate of drug-likeness (QED) is 0.793. The van der Waals surface area contributed by atoms with E-state index in [4.69, 9.17) is 10.7 Å². The second kappa shape index (κ2) is 5.66. The fraction of sp³-hybridized carbons (Fsp3) is 0.615. The van der Waals surface area contributed by atoms with Gasteiger partial charge < -0.3 is 4.90 Å². The summed E-state index contributed by atoms with van der Waals surface area (Å²) in [6.07, 6.45) is 3.12. The molecule has 0 saturated carbocycles. The van der Waals surface area contributed by atoms with Gasteiger partial charge in [0.1, 0.15) is 4.21 Å². The summed E-state index contributed by atoms with van der Waals surface area (Å²) in [5.41, 5.74) is 0.629. The Morgan fingerprint density at radius 1 is 1.45 bits per heavy atom. The third kappa shape index (κ3) is 3.02. The monoisotopic (exact) mass is 335 g/mol. The molecule has 4 nitrogen and oxygen atoms in total. The molecule has 0 atom stereocenters. The van der Waals surface area contributed by atoms with Gasteiger partial charge in [0, 0.05) is 29.2 Å². The van der Waals surface area contributed by atoms with Gasteiger partial charge in [0.05, 0.1) is 5.56 Å². The molecule has 1 amide bonds. The third-order valence-corrected chi connectivity index (χ3v) is 7.33. The smallest absolute Gasteiger partial charge is 0.270 e. The fourth-order valence-electron chi connectivity index (χ4n) is 2.67. The number of likely N-dealkylation sites (tertiary alicyclic amines) is 1. The summed E-state index contributed by atoms with van der Waals surface area (Å²) < 4.78 is 22.5. The van der Waals surface area contributed by atoms with Gasteiger partial charge >= 0.3 is 0 Å². The highest BCUT2D eigenvalue weighted by molar-refractivity contribution is 8.15. The number of amides is 1. The highest BCUT2D eigenvalue weighted by Crippen LogP contribution is 2.37. The van der Waals surface area contributed by atoms with Gasteiger partial charge in [-0.05, 0) is 30.7 Å². The summed E-state index contributed by atoms with van der Waals surface area (Å²) in [6.45, 7) is 5.79. The van der Waals surface area contributed by atoms with Gasteiger partial charge in [-0.3, -0.25) is 4.79 Å². The number of nitrogens with zero attached hydrogens (tertiary/aromatic N) is 1. The van der Waals surface area contributed by atoms with E-state index in [0.717, 1.165) is 43.7 Å². The van der Waals surface area contributed by atoms with E-state index in [2.05, 4.69) is 13.8 Å². The summed E-state index contributed by atoms with van der Waals surface area (Å²) in [4.78, 5) is 14.2. The van der Waals surface area contributed by atoms with Crippen LogP contribution in [0.1, 0.15) is 43.5 Å². The van der Waals surface area contributed by atoms with Crippen LogP contribution in [0.15, 0.2) is 15.7 Å². The SMILES string of the molecule is CCC1(CC)CCN(C(=O)c2csc(S(=O)(=O)Cl)c2)C1. The first kappa shape index (κ1) is 15.8. The maximum atomic E-state index is 12.4. The predicted octanol–water partition coefficient (Wildman–Crippen LogP) is 3.33. The molecule has 0 radical (unpaired) electrons. The summed E-state index contributed by atoms with van der Waals surface area (Å²) in [6, 6.07) is 1.37. The second-order valence-electron chi connectivity index (χ2n) is 5.28. The molecule has 0 aromatic carbocycles. The largest absolute Gasteiger partial charge is 0.338 e. The van der Waals surface area contributed by atoms with Crippen LogP contribution in [0.5, 0.6) is 0 Å². The number of hydrogen-bond acceptors (Lipinski definition) is 4. The van der Waals surface area contributed by atoms with Gasteiger partial charge in [0.25, 0.3) is 15.0 Å². The predicted molar refractivity (Wildman–Crippen MR) is 80.9 cm³/mol. The Balaban J connectivity index is 2.15. The summed E-state index contributed by atoms with van der Waals surface area (Å²) in [5.74, 6) is -0.100. The summed E-state index contributed by atoms with van der Waals surface area (Å²) in [5, 5.41) is 1.56. The van der Waals surface area contributed by atoms with E-state index in [1.165, 1.54) is 6.07 Å². The van der Waals surface area contributed by atoms with Gasteiger partial charge in [0.2, 0.25) is 0 Å². The van der Waals surface area contributed by atoms with Crippen LogP contribution < -0.4 is 0 Å². The first-order chi connectivity index (χ1) is 9.31. The molecule has 0 aliphatic carbocycles. The zero-order valence-electron chi connectivity index (χ0n) is 11.6. The molecule has 0 bridgehead atoms. The van der Waals surface area contributed by atoms with Crippen molar-refractivity contribution in [1.82, 2.24) is 4.90 Å². The van der Waals surface area contributed by atoms with Gasteiger partial charge in [-0.2, -0.15) is 0 Å². The molecule has 0 unspecified atom stereocenters. The highest BCUT2D eigenvalue weighted by atomic mass is 35.7. The lowest BCUT2D eigenvalue weighted by Crippen LogP contribution is -2.31. The van der Waals surface area contributed by atoms with Crippen molar-refractivity contribution in [3.8, 4) is 0 Å². The minimum absolute atomic E-state index is 0.0268. The maximum absolute atomic E-state index is 12.4. The van der Waals surface area contributed by atoms with Crippen molar-refractivity contribution >= 4 is 37.0 Å². The second-order valence-corrected chi connectivity index (χ2v) is 8.98. The van der Waals surface area contributed by atoms with E-state index >= 15 is 0 Å². The van der Waals surface area contributed by atoms with E-state index in [9.17, 15) is 13.2 Å². The molecule has 7 heteroatoms. The van der Waals surface area contributed by atoms with Gasteiger partial charge in [0.15, 0.2) is 0 Å². The lowest BCUT2D eigenvalue weighted by atomic mass is 9.82. The van der Waals surface area contributed by atoms with Crippen LogP contribution in [0, 0.1) is 5.41 Å². The Bertz CT molecular complexity index is 605. The van der Waals surface area contributed by atoms with Crippen LogP contribution in [-0.4, -0.2) is 32.3 Å². The number of carbonyl (C=O) groups excluding carboxylic acids is 1. The van der Waals surface area contributed by atoms with Crippen LogP contribution in [0.4, 0.5) is 0 Å². The molecule has 1 aliphatic rings. The highest BCUT2D eigenvalue weighted by Gasteiger charge is 2.37. The van der Waals surface area contributed by atoms with Gasteiger partial charge in [-0.15, -0.1) is 11.3 Å². The van der Waals surface area contributed by atoms with Crippen LogP contribution in [0.2, 0.25) is 0 Å². The van der Waals surface area contributed by atoms with Crippen LogP contribution in [0.25, 0.3) is 0 Å². The Morgan fingerprint density at radius 2 is 2.10 bits per heavy atom. The topological polar surface area (TPSA) is 54.5 Å². The summed E-state index contributed by atoms with van der Waals surface area (Å²) >= 11 is 0.988. The minimum Gasteiger partial charge on any atom is -0.338 e. The van der Waals surface area contributed by atoms with Crippen LogP contribution in [0.3, 0.4) is 0 Å². The molecule has 1 aliphatic heterocycles. The molecule has 0 spiro atoms. The Morgan fingerprint density at radius 3 is 2.55 bits per heavy atom. The molecule has 2 heterocycles. The average molecular weight is 336 g/mol. The van der Waals surface area contributed by atoms with E-state index in [1.54, 1.807) is 5.38 Å². The van der Waals surface area contributed by atoms with Crippen molar-refractivity contribution in [2.45, 2.75) is 37.3 Å². The molecule has 20 heavy (non-hydrogen) atoms. The van der Waals surface area contributed by atoms with Crippen molar-refractivity contribution in [2.24, 2.45) is 5.41 Å². The average Bonchev–Trinajstić information content (AvgIpc) is 3.05. The van der Waals surface area contributed by atoms with Crippen molar-refractivity contribution < 1.29 is 13.2 Å². The molecular weight excluding hydrogens is 318 g/mol. The van der Waals surface area contributed by atoms with Crippen molar-refractivity contribution in [3.63, 3.8) is 0 Å². The number of thiophene rings is 1. The Hall–Kier alpha value is -0.590. The van der Waals surface area contributed by atoms with Gasteiger partial charge in [-0.1, -0.05) is 13.8 Å². The molecule has 1 saturated heterocycles. The lowest BCUT2D eigenvalue weighted by molar-refractivity contribution is 0.0770. The molecule has 112 valence electrons. The number of rotatable bonds is 4. The van der Waals surface area contributed by atoms with Crippen LogP contribution >= 0.6 is 22.0 Å². The fourth-order valence-corrected chi connectivity index (χ4v) is 4.61. The van der Waals surface area contributed by atoms with Gasteiger partial charge in [-0.25, -0.2) is 8.42 Å². The standard InChI is InChI=1S/C13H18ClNO3S2/c1-3-13(4-2)5-6-15(9-13)12(16)10-7-11(19-8-10)20(14,17)18/h7-8H,3-6,9H2,1-2H3. The molecule has 1 fully saturated rings. The van der Waals surface area contributed by atoms with E-state index in [0.29, 0.717) is 5.56 Å². The normalized spacial score (nSPS) is 18.4. The molecule has 2 rings (SSSR count). The Kier molecular flexibility index (Phi) is 4.47. The van der Waals surface area contributed by atoms with E-state index in [1.807, 2.05) is 4.90 Å². The number of halogens is 1. The first-order valence-corrected chi connectivity index (χ1v) is 9.83. The van der Waals surface area contributed by atoms with E-state index in [-0.39, 0.29) is 15.5 Å². The summed E-state index contributed by atoms with van der Waals surface area (Å²) in [7, 11) is 1.53. The Labute approximate surface area is 128 Å². The molecule has 1 aromatic rings. The first-order valence-electron chi connectivity index (χ1n) is 6.64. The molecule has 1 aromatic heterocycles. The lowest BCUT2D eigenvalue weighted by Gasteiger charge is -2.26. The third-order valence-electron chi connectivity index (χ3n) is 4.29. The van der Waals surface area contributed by atoms with E-state index < -0.39 is 9.05 Å². The maximum Gasteiger partial charge on any atom is 0.270 e. The molecular formula is C13H18ClNO3S2. The van der Waals surface area contributed by atoms with Crippen LogP contribution in [-0.2, 0) is 9.05 Å². The zero-order valence-corrected chi connectivity index (χ0v) is 13.9. The van der Waals surface area contributed by atoms with Crippen molar-refractivity contribution in [3.05, 3.63) is 17.0 Å². The number of hydrogen-bond donors (Lipinski definition) is 0. The van der Waals surface area contributed by atoms with Crippen molar-refractivity contribution in [2.75, 3.05) is 13.1 Å². The zero-order chi connectivity index (χ0) is 15.0. The minimum atomic E-state index is -3.75. The number of carbonyl (C=O) groups is 1.